The molecule has 0 unspecified atom stereocenters. The molecule has 0 atom stereocenters. The molecule has 0 aliphatic carbocycles. The first-order chi connectivity index (χ1) is 13.5. The van der Waals surface area contributed by atoms with Crippen molar-refractivity contribution in [1.82, 2.24) is 15.5 Å². The number of guanidine groups is 1. The van der Waals surface area contributed by atoms with E-state index in [0.29, 0.717) is 30.5 Å². The summed E-state index contributed by atoms with van der Waals surface area (Å²) in [6, 6.07) is 9.94. The zero-order chi connectivity index (χ0) is 20.4. The van der Waals surface area contributed by atoms with Crippen molar-refractivity contribution in [1.29, 1.82) is 0 Å². The van der Waals surface area contributed by atoms with E-state index >= 15 is 0 Å². The number of hydrogen-bond donors (Lipinski definition) is 2. The molecule has 0 saturated carbocycles. The second kappa shape index (κ2) is 13.3. The summed E-state index contributed by atoms with van der Waals surface area (Å²) in [5, 5.41) is 8.60. The number of benzene rings is 1. The first kappa shape index (κ1) is 25.0. The molecule has 0 saturated heterocycles. The number of carbonyl (C=O) groups is 1. The van der Waals surface area contributed by atoms with Crippen molar-refractivity contribution >= 4 is 47.2 Å². The lowest BCUT2D eigenvalue weighted by Gasteiger charge is -2.14. The number of halogens is 1. The molecule has 2 N–H and O–H groups in total. The van der Waals surface area contributed by atoms with Gasteiger partial charge in [0.2, 0.25) is 5.91 Å². The molecule has 1 aromatic carbocycles. The summed E-state index contributed by atoms with van der Waals surface area (Å²) < 4.78 is 10.6. The summed E-state index contributed by atoms with van der Waals surface area (Å²) in [5.74, 6) is 1.99. The molecule has 1 heterocycles. The van der Waals surface area contributed by atoms with Gasteiger partial charge in [-0.2, -0.15) is 0 Å². The van der Waals surface area contributed by atoms with E-state index in [2.05, 4.69) is 21.7 Å². The Kier molecular flexibility index (Phi) is 11.4. The number of amides is 1. The highest BCUT2D eigenvalue weighted by Gasteiger charge is 2.07. The van der Waals surface area contributed by atoms with Crippen molar-refractivity contribution in [2.45, 2.75) is 13.0 Å². The molecule has 0 aliphatic rings. The average molecular weight is 532 g/mol. The van der Waals surface area contributed by atoms with Crippen LogP contribution in [0.15, 0.2) is 40.7 Å². The molecule has 2 aromatic rings. The van der Waals surface area contributed by atoms with Gasteiger partial charge in [0.25, 0.3) is 0 Å². The molecule has 1 amide bonds. The molecule has 0 aliphatic heterocycles. The van der Waals surface area contributed by atoms with Crippen molar-refractivity contribution in [3.05, 3.63) is 46.2 Å². The maximum absolute atomic E-state index is 11.8. The number of thiophene rings is 1. The SMILES string of the molecule is COc1ccc(CCNC(=NCC(=O)N(C)C)NCc2cccs2)cc1OC.I. The fraction of sp³-hybridized carbons (Fsp3) is 0.400. The van der Waals surface area contributed by atoms with Crippen LogP contribution in [0.5, 0.6) is 11.5 Å². The molecule has 0 fully saturated rings. The Morgan fingerprint density at radius 3 is 2.52 bits per heavy atom. The predicted octanol–water partition coefficient (Wildman–Crippen LogP) is 2.75. The van der Waals surface area contributed by atoms with Gasteiger partial charge in [0.15, 0.2) is 17.5 Å². The fourth-order valence-electron chi connectivity index (χ4n) is 2.41. The number of aliphatic imine (C=N–C) groups is 1. The van der Waals surface area contributed by atoms with E-state index < -0.39 is 0 Å². The summed E-state index contributed by atoms with van der Waals surface area (Å²) in [6.45, 7) is 1.43. The quantitative estimate of drug-likeness (QED) is 0.295. The van der Waals surface area contributed by atoms with Gasteiger partial charge < -0.3 is 25.0 Å². The second-order valence-electron chi connectivity index (χ2n) is 6.25. The third-order valence-corrected chi connectivity index (χ3v) is 4.91. The van der Waals surface area contributed by atoms with Crippen LogP contribution in [0, 0.1) is 0 Å². The van der Waals surface area contributed by atoms with E-state index in [1.165, 1.54) is 9.78 Å². The lowest BCUT2D eigenvalue weighted by Crippen LogP contribution is -2.39. The van der Waals surface area contributed by atoms with Crippen LogP contribution in [-0.2, 0) is 17.8 Å². The van der Waals surface area contributed by atoms with Gasteiger partial charge >= 0.3 is 0 Å². The number of methoxy groups -OCH3 is 2. The molecular formula is C20H29IN4O3S. The molecule has 0 bridgehead atoms. The molecule has 0 radical (unpaired) electrons. The van der Waals surface area contributed by atoms with Gasteiger partial charge in [-0.3, -0.25) is 4.79 Å². The van der Waals surface area contributed by atoms with Gasteiger partial charge in [0, 0.05) is 25.5 Å². The molecular weight excluding hydrogens is 503 g/mol. The highest BCUT2D eigenvalue weighted by molar-refractivity contribution is 14.0. The van der Waals surface area contributed by atoms with Crippen LogP contribution in [0.3, 0.4) is 0 Å². The van der Waals surface area contributed by atoms with Gasteiger partial charge in [-0.15, -0.1) is 35.3 Å². The number of hydrogen-bond acceptors (Lipinski definition) is 5. The lowest BCUT2D eigenvalue weighted by molar-refractivity contribution is -0.127. The molecule has 29 heavy (non-hydrogen) atoms. The third-order valence-electron chi connectivity index (χ3n) is 4.04. The summed E-state index contributed by atoms with van der Waals surface area (Å²) in [6.07, 6.45) is 0.779. The Balaban J connectivity index is 0.00000420. The van der Waals surface area contributed by atoms with Gasteiger partial charge in [0.05, 0.1) is 20.8 Å². The topological polar surface area (TPSA) is 75.2 Å². The van der Waals surface area contributed by atoms with Gasteiger partial charge in [0.1, 0.15) is 6.54 Å². The molecule has 160 valence electrons. The van der Waals surface area contributed by atoms with E-state index in [1.807, 2.05) is 29.6 Å². The average Bonchev–Trinajstić information content (AvgIpc) is 3.22. The van der Waals surface area contributed by atoms with Crippen molar-refractivity contribution in [2.24, 2.45) is 4.99 Å². The maximum atomic E-state index is 11.8. The van der Waals surface area contributed by atoms with Crippen molar-refractivity contribution in [3.63, 3.8) is 0 Å². The Hall–Kier alpha value is -2.01. The van der Waals surface area contributed by atoms with Crippen molar-refractivity contribution < 1.29 is 14.3 Å². The fourth-order valence-corrected chi connectivity index (χ4v) is 3.05. The molecule has 9 heteroatoms. The first-order valence-electron chi connectivity index (χ1n) is 8.99. The van der Waals surface area contributed by atoms with E-state index in [9.17, 15) is 4.79 Å². The number of nitrogens with one attached hydrogen (secondary N) is 2. The van der Waals surface area contributed by atoms with E-state index in [1.54, 1.807) is 39.7 Å². The van der Waals surface area contributed by atoms with Crippen LogP contribution in [-0.4, -0.2) is 58.2 Å². The van der Waals surface area contributed by atoms with Crippen molar-refractivity contribution in [2.75, 3.05) is 41.4 Å². The van der Waals surface area contributed by atoms with Gasteiger partial charge in [-0.1, -0.05) is 12.1 Å². The molecule has 1 aromatic heterocycles. The number of nitrogens with zero attached hydrogens (tertiary/aromatic N) is 2. The van der Waals surface area contributed by atoms with Crippen LogP contribution < -0.4 is 20.1 Å². The number of carbonyl (C=O) groups excluding carboxylic acids is 1. The van der Waals surface area contributed by atoms with Gasteiger partial charge in [-0.05, 0) is 35.6 Å². The van der Waals surface area contributed by atoms with Crippen molar-refractivity contribution in [3.8, 4) is 11.5 Å². The Bertz CT molecular complexity index is 782. The highest BCUT2D eigenvalue weighted by Crippen LogP contribution is 2.27. The Labute approximate surface area is 193 Å². The minimum atomic E-state index is -0.0443. The third kappa shape index (κ3) is 8.48. The maximum Gasteiger partial charge on any atom is 0.243 e. The van der Waals surface area contributed by atoms with E-state index in [-0.39, 0.29) is 36.4 Å². The summed E-state index contributed by atoms with van der Waals surface area (Å²) >= 11 is 1.68. The summed E-state index contributed by atoms with van der Waals surface area (Å²) in [7, 11) is 6.69. The van der Waals surface area contributed by atoms with Gasteiger partial charge in [-0.25, -0.2) is 4.99 Å². The zero-order valence-corrected chi connectivity index (χ0v) is 20.4. The number of likely N-dealkylation sites (N-methyl/N-ethyl adjacent to an activating group) is 1. The predicted molar refractivity (Wildman–Crippen MR) is 129 cm³/mol. The number of rotatable bonds is 9. The first-order valence-corrected chi connectivity index (χ1v) is 9.87. The summed E-state index contributed by atoms with van der Waals surface area (Å²) in [4.78, 5) is 19.0. The lowest BCUT2D eigenvalue weighted by atomic mass is 10.1. The standard InChI is InChI=1S/C20H28N4O3S.HI/c1-24(2)19(25)14-23-20(22-13-16-6-5-11-28-16)21-10-9-15-7-8-17(26-3)18(12-15)27-4;/h5-8,11-12H,9-10,13-14H2,1-4H3,(H2,21,22,23);1H. The van der Waals surface area contributed by atoms with Crippen LogP contribution in [0.2, 0.25) is 0 Å². The molecule has 7 nitrogen and oxygen atoms in total. The second-order valence-corrected chi connectivity index (χ2v) is 7.28. The minimum Gasteiger partial charge on any atom is -0.493 e. The zero-order valence-electron chi connectivity index (χ0n) is 17.2. The van der Waals surface area contributed by atoms with Crippen LogP contribution in [0.4, 0.5) is 0 Å². The van der Waals surface area contributed by atoms with E-state index in [4.69, 9.17) is 9.47 Å². The van der Waals surface area contributed by atoms with Crippen LogP contribution in [0.1, 0.15) is 10.4 Å². The highest BCUT2D eigenvalue weighted by atomic mass is 127. The largest absolute Gasteiger partial charge is 0.493 e. The van der Waals surface area contributed by atoms with Crippen LogP contribution >= 0.6 is 35.3 Å². The summed E-state index contributed by atoms with van der Waals surface area (Å²) in [5.41, 5.74) is 1.12. The smallest absolute Gasteiger partial charge is 0.243 e. The number of ether oxygens (including phenoxy) is 2. The van der Waals surface area contributed by atoms with E-state index in [0.717, 1.165) is 12.0 Å². The Morgan fingerprint density at radius 2 is 1.90 bits per heavy atom. The molecule has 2 rings (SSSR count). The minimum absolute atomic E-state index is 0. The normalized spacial score (nSPS) is 10.7. The molecule has 0 spiro atoms. The monoisotopic (exact) mass is 532 g/mol. The Morgan fingerprint density at radius 1 is 1.14 bits per heavy atom. The van der Waals surface area contributed by atoms with Crippen LogP contribution in [0.25, 0.3) is 0 Å².